The van der Waals surface area contributed by atoms with Gasteiger partial charge in [0.1, 0.15) is 0 Å². The largest absolute Gasteiger partial charge is 0.454 e. The van der Waals surface area contributed by atoms with E-state index < -0.39 is 0 Å². The second-order valence-corrected chi connectivity index (χ2v) is 25.3. The molecule has 3 heterocycles. The highest BCUT2D eigenvalue weighted by Crippen LogP contribution is 2.53. The molecule has 3 aliphatic rings. The van der Waals surface area contributed by atoms with Crippen LogP contribution < -0.4 is 35.7 Å². The Kier molecular flexibility index (Phi) is 11.3. The third-order valence-electron chi connectivity index (χ3n) is 15.7. The fraction of sp³-hybridized carbons (Fsp3) is 0.294. The summed E-state index contributed by atoms with van der Waals surface area (Å²) in [4.78, 5) is 5.11. The van der Waals surface area contributed by atoms with Crippen molar-refractivity contribution >= 4 is 57.2 Å². The van der Waals surface area contributed by atoms with Crippen LogP contribution in [0.3, 0.4) is 0 Å². The fourth-order valence-corrected chi connectivity index (χ4v) is 11.6. The summed E-state index contributed by atoms with van der Waals surface area (Å²) in [6.07, 6.45) is 0. The van der Waals surface area contributed by atoms with Gasteiger partial charge in [0.15, 0.2) is 11.5 Å². The molecule has 0 aromatic heterocycles. The molecule has 0 aliphatic carbocycles. The maximum absolute atomic E-state index is 6.57. The van der Waals surface area contributed by atoms with Crippen LogP contribution in [0.4, 0.5) is 34.1 Å². The highest BCUT2D eigenvalue weighted by molar-refractivity contribution is 7.00. The topological polar surface area (TPSA) is 24.9 Å². The van der Waals surface area contributed by atoms with Gasteiger partial charge in [-0.1, -0.05) is 186 Å². The zero-order valence-corrected chi connectivity index (χ0v) is 45.9. The van der Waals surface area contributed by atoms with Crippen LogP contribution in [0.5, 0.6) is 11.5 Å². The van der Waals surface area contributed by atoms with E-state index in [4.69, 9.17) is 9.47 Å². The van der Waals surface area contributed by atoms with Crippen LogP contribution in [-0.4, -0.2) is 13.5 Å². The highest BCUT2D eigenvalue weighted by Gasteiger charge is 2.46. The van der Waals surface area contributed by atoms with Crippen molar-refractivity contribution < 1.29 is 9.47 Å². The molecule has 3 aliphatic heterocycles. The molecule has 0 amide bonds. The fourth-order valence-electron chi connectivity index (χ4n) is 11.6. The Morgan fingerprint density at radius 1 is 0.384 bits per heavy atom. The van der Waals surface area contributed by atoms with Crippen LogP contribution >= 0.6 is 0 Å². The van der Waals surface area contributed by atoms with Crippen molar-refractivity contribution in [3.8, 4) is 44.9 Å². The number of rotatable bonds is 5. The second-order valence-electron chi connectivity index (χ2n) is 25.3. The maximum atomic E-state index is 6.57. The standard InChI is InChI=1S/C68H71BN2O2/c1-41-32-58-61-59(33-41)71(62-42(2)34-53(35-43(62)3)68(13,14)15)63-56(30-31-60-64(63)73-40-72-60)69(61)55-29-22-47(44-16-23-50(24-17-44)65(4,5)6)39-57(55)70(58)54-37-48(45-18-25-51(26-19-45)66(7,8)9)36-49(38-54)46-20-27-52(28-21-46)67(10,11)12/h16-39H,40H2,1-15H3. The van der Waals surface area contributed by atoms with Crippen LogP contribution in [0.25, 0.3) is 33.4 Å². The molecule has 0 radical (unpaired) electrons. The zero-order valence-electron chi connectivity index (χ0n) is 45.9. The smallest absolute Gasteiger partial charge is 0.252 e. The summed E-state index contributed by atoms with van der Waals surface area (Å²) < 4.78 is 12.8. The van der Waals surface area contributed by atoms with Crippen LogP contribution in [0.15, 0.2) is 146 Å². The molecule has 8 aromatic rings. The van der Waals surface area contributed by atoms with Crippen molar-refractivity contribution in [3.63, 3.8) is 0 Å². The van der Waals surface area contributed by atoms with Gasteiger partial charge in [-0.15, -0.1) is 0 Å². The first-order chi connectivity index (χ1) is 34.4. The molecule has 4 nitrogen and oxygen atoms in total. The number of aryl methyl sites for hydroxylation is 3. The summed E-state index contributed by atoms with van der Waals surface area (Å²) >= 11 is 0. The van der Waals surface area contributed by atoms with Gasteiger partial charge < -0.3 is 19.3 Å². The lowest BCUT2D eigenvalue weighted by molar-refractivity contribution is 0.174. The van der Waals surface area contributed by atoms with E-state index in [1.54, 1.807) is 0 Å². The Morgan fingerprint density at radius 3 is 1.33 bits per heavy atom. The summed E-state index contributed by atoms with van der Waals surface area (Å²) in [6.45, 7) is 34.4. The van der Waals surface area contributed by atoms with E-state index in [2.05, 4.69) is 259 Å². The Labute approximate surface area is 436 Å². The molecule has 73 heavy (non-hydrogen) atoms. The Morgan fingerprint density at radius 2 is 0.836 bits per heavy atom. The number of ether oxygens (including phenoxy) is 2. The molecule has 0 bridgehead atoms. The van der Waals surface area contributed by atoms with Crippen LogP contribution in [-0.2, 0) is 21.7 Å². The maximum Gasteiger partial charge on any atom is 0.252 e. The predicted octanol–water partition coefficient (Wildman–Crippen LogP) is 16.6. The molecule has 0 saturated heterocycles. The number of benzene rings is 8. The lowest BCUT2D eigenvalue weighted by Crippen LogP contribution is -2.61. The lowest BCUT2D eigenvalue weighted by atomic mass is 9.33. The van der Waals surface area contributed by atoms with E-state index >= 15 is 0 Å². The average Bonchev–Trinajstić information content (AvgIpc) is 3.82. The Hall–Kier alpha value is -6.98. The normalized spacial score (nSPS) is 14.0. The van der Waals surface area contributed by atoms with Crippen molar-refractivity contribution in [2.24, 2.45) is 0 Å². The molecule has 0 fully saturated rings. The summed E-state index contributed by atoms with van der Waals surface area (Å²) in [6, 6.07) is 56.2. The SMILES string of the molecule is Cc1cc2c3c(c1)N(c1c(C)cc(C(C)(C)C)cc1C)c1c(ccc4c1OCO4)B3c1ccc(-c3ccc(C(C)(C)C)cc3)cc1N2c1cc(-c2ccc(C(C)(C)C)cc2)cc(-c2ccc(C(C)(C)C)cc2)c1. The van der Waals surface area contributed by atoms with Gasteiger partial charge in [0.05, 0.1) is 11.4 Å². The number of fused-ring (bicyclic) bond motifs is 6. The first-order valence-corrected chi connectivity index (χ1v) is 26.3. The molecule has 368 valence electrons. The third-order valence-corrected chi connectivity index (χ3v) is 15.7. The van der Waals surface area contributed by atoms with E-state index in [-0.39, 0.29) is 35.2 Å². The first kappa shape index (κ1) is 48.3. The summed E-state index contributed by atoms with van der Waals surface area (Å²) in [5, 5.41) is 0. The molecule has 0 N–H and O–H groups in total. The Bertz CT molecular complexity index is 3390. The minimum absolute atomic E-state index is 0.00596. The van der Waals surface area contributed by atoms with E-state index in [1.165, 1.54) is 106 Å². The molecule has 0 atom stereocenters. The van der Waals surface area contributed by atoms with Crippen molar-refractivity contribution in [1.82, 2.24) is 0 Å². The van der Waals surface area contributed by atoms with Gasteiger partial charge in [0, 0.05) is 22.7 Å². The molecule has 0 saturated carbocycles. The third kappa shape index (κ3) is 8.43. The summed E-state index contributed by atoms with van der Waals surface area (Å²) in [7, 11) is 0. The van der Waals surface area contributed by atoms with Gasteiger partial charge in [-0.3, -0.25) is 0 Å². The number of hydrogen-bond donors (Lipinski definition) is 0. The molecular weight excluding hydrogens is 888 g/mol. The van der Waals surface area contributed by atoms with Crippen molar-refractivity contribution in [3.05, 3.63) is 185 Å². The zero-order chi connectivity index (χ0) is 51.7. The van der Waals surface area contributed by atoms with E-state index in [9.17, 15) is 0 Å². The van der Waals surface area contributed by atoms with Gasteiger partial charge in [-0.25, -0.2) is 0 Å². The van der Waals surface area contributed by atoms with E-state index in [0.717, 1.165) is 28.6 Å². The average molecular weight is 959 g/mol. The van der Waals surface area contributed by atoms with Gasteiger partial charge >= 0.3 is 0 Å². The van der Waals surface area contributed by atoms with Crippen LogP contribution in [0.1, 0.15) is 122 Å². The monoisotopic (exact) mass is 959 g/mol. The number of hydrogen-bond acceptors (Lipinski definition) is 4. The van der Waals surface area contributed by atoms with E-state index in [0.29, 0.717) is 0 Å². The number of anilines is 6. The molecule has 5 heteroatoms. The molecule has 0 unspecified atom stereocenters. The molecule has 0 spiro atoms. The Balaban J connectivity index is 1.21. The number of nitrogens with zero attached hydrogens (tertiary/aromatic N) is 2. The van der Waals surface area contributed by atoms with Crippen molar-refractivity contribution in [1.29, 1.82) is 0 Å². The predicted molar refractivity (Wildman–Crippen MR) is 312 cm³/mol. The molecule has 8 aromatic carbocycles. The summed E-state index contributed by atoms with van der Waals surface area (Å²) in [5.41, 5.74) is 26.8. The van der Waals surface area contributed by atoms with Crippen LogP contribution in [0, 0.1) is 20.8 Å². The van der Waals surface area contributed by atoms with Crippen LogP contribution in [0.2, 0.25) is 0 Å². The van der Waals surface area contributed by atoms with E-state index in [1.807, 2.05) is 0 Å². The minimum Gasteiger partial charge on any atom is -0.454 e. The van der Waals surface area contributed by atoms with Gasteiger partial charge in [0.2, 0.25) is 6.79 Å². The van der Waals surface area contributed by atoms with Crippen molar-refractivity contribution in [2.75, 3.05) is 16.6 Å². The second kappa shape index (κ2) is 17.1. The van der Waals surface area contributed by atoms with Crippen molar-refractivity contribution in [2.45, 2.75) is 126 Å². The highest BCUT2D eigenvalue weighted by atomic mass is 16.7. The van der Waals surface area contributed by atoms with Gasteiger partial charge in [-0.2, -0.15) is 0 Å². The van der Waals surface area contributed by atoms with Gasteiger partial charge in [0.25, 0.3) is 6.71 Å². The summed E-state index contributed by atoms with van der Waals surface area (Å²) in [5.74, 6) is 1.58. The first-order valence-electron chi connectivity index (χ1n) is 26.3. The molecule has 11 rings (SSSR count). The minimum atomic E-state index is -0.0954. The quantitative estimate of drug-likeness (QED) is 0.161. The lowest BCUT2D eigenvalue weighted by Gasteiger charge is -2.45. The van der Waals surface area contributed by atoms with Gasteiger partial charge in [-0.05, 0) is 174 Å². The molecular formula is C68H71BN2O2.